The Labute approximate surface area is 141 Å². The molecule has 0 atom stereocenters. The third-order valence-corrected chi connectivity index (χ3v) is 3.33. The summed E-state index contributed by atoms with van der Waals surface area (Å²) in [4.78, 5) is 5.90. The van der Waals surface area contributed by atoms with Crippen LogP contribution in [-0.4, -0.2) is 12.0 Å². The molecule has 1 aromatic heterocycles. The van der Waals surface area contributed by atoms with Crippen molar-refractivity contribution in [3.8, 4) is 17.9 Å². The lowest BCUT2D eigenvalue weighted by molar-refractivity contribution is 0.627. The monoisotopic (exact) mass is 317 g/mol. The molecule has 0 aliphatic heterocycles. The number of halogens is 1. The van der Waals surface area contributed by atoms with Gasteiger partial charge in [0.1, 0.15) is 11.5 Å². The van der Waals surface area contributed by atoms with Crippen LogP contribution < -0.4 is 4.90 Å². The van der Waals surface area contributed by atoms with Gasteiger partial charge >= 0.3 is 0 Å². The van der Waals surface area contributed by atoms with E-state index >= 15 is 0 Å². The third-order valence-electron chi connectivity index (χ3n) is 3.33. The molecule has 0 saturated carbocycles. The van der Waals surface area contributed by atoms with Gasteiger partial charge in [-0.3, -0.25) is 0 Å². The van der Waals surface area contributed by atoms with Crippen molar-refractivity contribution in [1.82, 2.24) is 4.98 Å². The number of anilines is 1. The molecule has 118 valence electrons. The number of allylic oxidation sites excluding steroid dienone is 3. The maximum Gasteiger partial charge on any atom is 0.126 e. The fourth-order valence-corrected chi connectivity index (χ4v) is 2.00. The summed E-state index contributed by atoms with van der Waals surface area (Å²) in [5.41, 5.74) is 2.97. The van der Waals surface area contributed by atoms with Crippen molar-refractivity contribution < 1.29 is 4.39 Å². The van der Waals surface area contributed by atoms with Crippen LogP contribution in [0.5, 0.6) is 0 Å². The van der Waals surface area contributed by atoms with Crippen molar-refractivity contribution in [3.05, 3.63) is 83.6 Å². The molecule has 2 rings (SSSR count). The molecule has 3 nitrogen and oxygen atoms in total. The van der Waals surface area contributed by atoms with Crippen LogP contribution in [-0.2, 0) is 0 Å². The van der Waals surface area contributed by atoms with Crippen LogP contribution in [0, 0.1) is 29.0 Å². The third kappa shape index (κ3) is 4.56. The van der Waals surface area contributed by atoms with Crippen LogP contribution in [0.3, 0.4) is 0 Å². The average Bonchev–Trinajstić information content (AvgIpc) is 2.59. The molecular weight excluding hydrogens is 301 g/mol. The molecule has 4 heteroatoms. The lowest BCUT2D eigenvalue weighted by Gasteiger charge is -2.20. The number of nitriles is 1. The van der Waals surface area contributed by atoms with E-state index in [0.29, 0.717) is 17.0 Å². The largest absolute Gasteiger partial charge is 0.348 e. The zero-order valence-electron chi connectivity index (χ0n) is 13.5. The topological polar surface area (TPSA) is 39.9 Å². The molecule has 0 saturated heterocycles. The van der Waals surface area contributed by atoms with E-state index in [0.717, 1.165) is 5.70 Å². The number of rotatable bonds is 3. The molecule has 0 spiro atoms. The number of hydrogen-bond donors (Lipinski definition) is 0. The quantitative estimate of drug-likeness (QED) is 0.633. The van der Waals surface area contributed by atoms with Gasteiger partial charge in [0.25, 0.3) is 0 Å². The molecule has 0 unspecified atom stereocenters. The summed E-state index contributed by atoms with van der Waals surface area (Å²) in [6, 6.07) is 11.7. The van der Waals surface area contributed by atoms with Crippen molar-refractivity contribution in [3.63, 3.8) is 0 Å². The van der Waals surface area contributed by atoms with Gasteiger partial charge in [-0.1, -0.05) is 18.6 Å². The number of hydrogen-bond acceptors (Lipinski definition) is 3. The van der Waals surface area contributed by atoms with Gasteiger partial charge in [0, 0.05) is 30.2 Å². The van der Waals surface area contributed by atoms with Gasteiger partial charge in [-0.15, -0.1) is 0 Å². The van der Waals surface area contributed by atoms with Crippen molar-refractivity contribution >= 4 is 5.69 Å². The number of benzene rings is 1. The summed E-state index contributed by atoms with van der Waals surface area (Å²) in [5.74, 6) is 5.42. The first-order chi connectivity index (χ1) is 11.5. The normalized spacial score (nSPS) is 10.3. The Hall–Kier alpha value is -3.37. The Balaban J connectivity index is 2.18. The average molecular weight is 317 g/mol. The lowest BCUT2D eigenvalue weighted by Crippen LogP contribution is -2.14. The summed E-state index contributed by atoms with van der Waals surface area (Å²) < 4.78 is 13.6. The highest BCUT2D eigenvalue weighted by atomic mass is 19.1. The molecule has 0 radical (unpaired) electrons. The fourth-order valence-electron chi connectivity index (χ4n) is 2.00. The first kappa shape index (κ1) is 17.0. The molecule has 1 aromatic carbocycles. The fraction of sp³-hybridized carbons (Fsp3) is 0.100. The van der Waals surface area contributed by atoms with E-state index in [1.165, 1.54) is 12.1 Å². The smallest absolute Gasteiger partial charge is 0.126 e. The van der Waals surface area contributed by atoms with Gasteiger partial charge in [-0.2, -0.15) is 5.26 Å². The van der Waals surface area contributed by atoms with E-state index in [4.69, 9.17) is 5.26 Å². The van der Waals surface area contributed by atoms with Gasteiger partial charge in [-0.05, 0) is 49.3 Å². The zero-order valence-corrected chi connectivity index (χ0v) is 13.5. The van der Waals surface area contributed by atoms with E-state index in [1.807, 2.05) is 31.2 Å². The highest BCUT2D eigenvalue weighted by molar-refractivity contribution is 5.56. The second-order valence-corrected chi connectivity index (χ2v) is 5.14. The molecule has 0 N–H and O–H groups in total. The first-order valence-electron chi connectivity index (χ1n) is 7.24. The maximum atomic E-state index is 13.6. The maximum absolute atomic E-state index is 13.6. The van der Waals surface area contributed by atoms with Gasteiger partial charge in [0.05, 0.1) is 11.6 Å². The number of pyridine rings is 1. The van der Waals surface area contributed by atoms with Crippen LogP contribution in [0.4, 0.5) is 10.1 Å². The minimum atomic E-state index is -0.447. The van der Waals surface area contributed by atoms with Gasteiger partial charge in [0.15, 0.2) is 0 Å². The van der Waals surface area contributed by atoms with Crippen LogP contribution in [0.1, 0.15) is 18.2 Å². The molecule has 24 heavy (non-hydrogen) atoms. The molecule has 0 aliphatic carbocycles. The van der Waals surface area contributed by atoms with Crippen LogP contribution in [0.2, 0.25) is 0 Å². The minimum absolute atomic E-state index is 0.276. The predicted molar refractivity (Wildman–Crippen MR) is 93.5 cm³/mol. The number of aromatic nitrogens is 1. The molecule has 0 fully saturated rings. The standard InChI is InChI=1S/C20H16FN3/c1-15(7-8-19-6-4-5-9-23-19)10-16(2)24(3)20-12-17(14-22)11-18(21)13-20/h4-6,9-13H,1H2,2-3H3/b16-10-. The van der Waals surface area contributed by atoms with Gasteiger partial charge in [0.2, 0.25) is 0 Å². The molecule has 0 bridgehead atoms. The summed E-state index contributed by atoms with van der Waals surface area (Å²) in [6.45, 7) is 5.77. The van der Waals surface area contributed by atoms with Crippen molar-refractivity contribution in [2.75, 3.05) is 11.9 Å². The highest BCUT2D eigenvalue weighted by Crippen LogP contribution is 2.21. The summed E-state index contributed by atoms with van der Waals surface area (Å²) in [6.07, 6.45) is 3.48. The van der Waals surface area contributed by atoms with Crippen LogP contribution in [0.15, 0.2) is 66.5 Å². The lowest BCUT2D eigenvalue weighted by atomic mass is 10.1. The Morgan fingerprint density at radius 1 is 1.33 bits per heavy atom. The molecular formula is C20H16FN3. The second-order valence-electron chi connectivity index (χ2n) is 5.14. The summed E-state index contributed by atoms with van der Waals surface area (Å²) >= 11 is 0. The van der Waals surface area contributed by atoms with E-state index in [1.54, 1.807) is 30.3 Å². The van der Waals surface area contributed by atoms with Crippen molar-refractivity contribution in [1.29, 1.82) is 5.26 Å². The molecule has 0 aliphatic rings. The van der Waals surface area contributed by atoms with E-state index in [2.05, 4.69) is 23.4 Å². The second kappa shape index (κ2) is 7.76. The zero-order chi connectivity index (χ0) is 17.5. The highest BCUT2D eigenvalue weighted by Gasteiger charge is 2.07. The molecule has 2 aromatic rings. The minimum Gasteiger partial charge on any atom is -0.348 e. The van der Waals surface area contributed by atoms with E-state index < -0.39 is 5.82 Å². The summed E-state index contributed by atoms with van der Waals surface area (Å²) in [7, 11) is 1.79. The van der Waals surface area contributed by atoms with Crippen LogP contribution >= 0.6 is 0 Å². The van der Waals surface area contributed by atoms with E-state index in [-0.39, 0.29) is 5.56 Å². The Kier molecular flexibility index (Phi) is 5.49. The first-order valence-corrected chi connectivity index (χ1v) is 7.24. The molecule has 0 amide bonds. The summed E-state index contributed by atoms with van der Waals surface area (Å²) in [5, 5.41) is 8.94. The van der Waals surface area contributed by atoms with Crippen molar-refractivity contribution in [2.24, 2.45) is 0 Å². The van der Waals surface area contributed by atoms with Gasteiger partial charge < -0.3 is 4.90 Å². The Morgan fingerprint density at radius 3 is 2.79 bits per heavy atom. The van der Waals surface area contributed by atoms with E-state index in [9.17, 15) is 4.39 Å². The Bertz CT molecular complexity index is 881. The van der Waals surface area contributed by atoms with Crippen LogP contribution in [0.25, 0.3) is 0 Å². The SMILES string of the molecule is C=C(C#Cc1ccccn1)/C=C(/C)N(C)c1cc(F)cc(C#N)c1. The Morgan fingerprint density at radius 2 is 2.12 bits per heavy atom. The predicted octanol–water partition coefficient (Wildman–Crippen LogP) is 4.04. The molecule has 1 heterocycles. The van der Waals surface area contributed by atoms with Gasteiger partial charge in [-0.25, -0.2) is 9.37 Å². The van der Waals surface area contributed by atoms with Crippen molar-refractivity contribution in [2.45, 2.75) is 6.92 Å². The number of nitrogens with zero attached hydrogens (tertiary/aromatic N) is 3.